The zero-order valence-electron chi connectivity index (χ0n) is 11.8. The number of aryl methyl sites for hydroxylation is 2. The van der Waals surface area contributed by atoms with Crippen LogP contribution in [0.25, 0.3) is 0 Å². The van der Waals surface area contributed by atoms with E-state index in [1.807, 2.05) is 25.8 Å². The lowest BCUT2D eigenvalue weighted by Gasteiger charge is -2.30. The highest BCUT2D eigenvalue weighted by molar-refractivity contribution is 6.00. The Kier molecular flexibility index (Phi) is 4.01. The highest BCUT2D eigenvalue weighted by Gasteiger charge is 2.24. The minimum atomic E-state index is -0.817. The van der Waals surface area contributed by atoms with Crippen molar-refractivity contribution in [3.63, 3.8) is 0 Å². The molecular formula is C12H23N5O. The third-order valence-corrected chi connectivity index (χ3v) is 2.72. The van der Waals surface area contributed by atoms with Crippen molar-refractivity contribution in [1.29, 1.82) is 5.41 Å². The lowest BCUT2D eigenvalue weighted by atomic mass is 10.1. The molecule has 102 valence electrons. The molecule has 0 saturated heterocycles. The normalized spacial score (nSPS) is 11.7. The van der Waals surface area contributed by atoms with Crippen LogP contribution in [-0.2, 0) is 7.05 Å². The number of rotatable bonds is 5. The number of amidine groups is 1. The number of anilines is 1. The summed E-state index contributed by atoms with van der Waals surface area (Å²) in [6.07, 6.45) is 0. The van der Waals surface area contributed by atoms with Gasteiger partial charge < -0.3 is 15.7 Å². The van der Waals surface area contributed by atoms with Gasteiger partial charge in [-0.15, -0.1) is 0 Å². The lowest BCUT2D eigenvalue weighted by Crippen LogP contribution is -2.40. The highest BCUT2D eigenvalue weighted by atomic mass is 16.3. The minimum absolute atomic E-state index is 0.00444. The van der Waals surface area contributed by atoms with Crippen LogP contribution in [0.15, 0.2) is 0 Å². The second kappa shape index (κ2) is 4.97. The van der Waals surface area contributed by atoms with E-state index in [2.05, 4.69) is 5.10 Å². The number of likely N-dealkylation sites (N-methyl/N-ethyl adjacent to an activating group) is 1. The summed E-state index contributed by atoms with van der Waals surface area (Å²) in [5, 5.41) is 21.9. The first-order valence-electron chi connectivity index (χ1n) is 6.02. The first kappa shape index (κ1) is 14.5. The maximum absolute atomic E-state index is 9.95. The number of hydrogen-bond donors (Lipinski definition) is 3. The van der Waals surface area contributed by atoms with Crippen LogP contribution < -0.4 is 10.6 Å². The summed E-state index contributed by atoms with van der Waals surface area (Å²) in [7, 11) is 1.82. The van der Waals surface area contributed by atoms with Crippen molar-refractivity contribution < 1.29 is 5.11 Å². The summed E-state index contributed by atoms with van der Waals surface area (Å²) in [6, 6.07) is 0. The number of nitrogens with one attached hydrogen (secondary N) is 1. The Morgan fingerprint density at radius 3 is 2.50 bits per heavy atom. The molecule has 1 heterocycles. The Hall–Kier alpha value is -1.56. The van der Waals surface area contributed by atoms with E-state index in [1.165, 1.54) is 0 Å². The lowest BCUT2D eigenvalue weighted by molar-refractivity contribution is 0.0872. The molecule has 1 rings (SSSR count). The molecule has 1 aromatic rings. The van der Waals surface area contributed by atoms with Crippen LogP contribution in [0.2, 0.25) is 0 Å². The molecule has 0 aliphatic rings. The number of nitrogens with zero attached hydrogens (tertiary/aromatic N) is 3. The molecule has 0 saturated carbocycles. The molecule has 0 amide bonds. The maximum Gasteiger partial charge on any atom is 0.137 e. The molecule has 0 bridgehead atoms. The first-order valence-corrected chi connectivity index (χ1v) is 6.02. The molecular weight excluding hydrogens is 230 g/mol. The summed E-state index contributed by atoms with van der Waals surface area (Å²) in [5.41, 5.74) is 6.18. The van der Waals surface area contributed by atoms with Crippen LogP contribution in [0.1, 0.15) is 32.0 Å². The predicted octanol–water partition coefficient (Wildman–Crippen LogP) is 0.610. The van der Waals surface area contributed by atoms with Crippen LogP contribution in [0.4, 0.5) is 5.82 Å². The number of nitrogen functional groups attached to an aromatic ring is 1. The number of aliphatic hydroxyl groups is 1. The Morgan fingerprint density at radius 1 is 1.56 bits per heavy atom. The van der Waals surface area contributed by atoms with E-state index in [0.717, 1.165) is 11.5 Å². The molecule has 0 atom stereocenters. The van der Waals surface area contributed by atoms with Gasteiger partial charge in [-0.1, -0.05) is 0 Å². The number of aromatic nitrogens is 2. The second-order valence-electron chi connectivity index (χ2n) is 5.15. The van der Waals surface area contributed by atoms with Crippen molar-refractivity contribution in [2.75, 3.05) is 18.0 Å². The van der Waals surface area contributed by atoms with Crippen LogP contribution in [0, 0.1) is 12.3 Å². The molecule has 0 unspecified atom stereocenters. The van der Waals surface area contributed by atoms with Crippen LogP contribution in [-0.4, -0.2) is 39.4 Å². The van der Waals surface area contributed by atoms with Crippen molar-refractivity contribution in [3.8, 4) is 0 Å². The van der Waals surface area contributed by atoms with Gasteiger partial charge in [0.05, 0.1) is 16.9 Å². The SMILES string of the molecule is CCN(CC(C)(C)O)c1c(C(=N)N)c(C)nn1C. The van der Waals surface area contributed by atoms with Crippen molar-refractivity contribution in [1.82, 2.24) is 9.78 Å². The molecule has 1 aromatic heterocycles. The van der Waals surface area contributed by atoms with Gasteiger partial charge in [0.25, 0.3) is 0 Å². The van der Waals surface area contributed by atoms with Crippen molar-refractivity contribution in [2.45, 2.75) is 33.3 Å². The van der Waals surface area contributed by atoms with Gasteiger partial charge >= 0.3 is 0 Å². The molecule has 0 fully saturated rings. The van der Waals surface area contributed by atoms with Crippen molar-refractivity contribution >= 4 is 11.7 Å². The first-order chi connectivity index (χ1) is 8.17. The zero-order valence-corrected chi connectivity index (χ0v) is 11.8. The molecule has 6 heteroatoms. The average molecular weight is 253 g/mol. The standard InChI is InChI=1S/C12H23N5O/c1-6-17(7-12(3,4)18)11-9(10(13)14)8(2)15-16(11)5/h18H,6-7H2,1-5H3,(H3,13,14). The summed E-state index contributed by atoms with van der Waals surface area (Å²) < 4.78 is 1.71. The maximum atomic E-state index is 9.95. The van der Waals surface area contributed by atoms with E-state index >= 15 is 0 Å². The van der Waals surface area contributed by atoms with Gasteiger partial charge in [0, 0.05) is 20.1 Å². The third-order valence-electron chi connectivity index (χ3n) is 2.72. The summed E-state index contributed by atoms with van der Waals surface area (Å²) >= 11 is 0. The Morgan fingerprint density at radius 2 is 2.11 bits per heavy atom. The van der Waals surface area contributed by atoms with Crippen molar-refractivity contribution in [2.24, 2.45) is 12.8 Å². The van der Waals surface area contributed by atoms with Crippen LogP contribution in [0.3, 0.4) is 0 Å². The molecule has 4 N–H and O–H groups in total. The van der Waals surface area contributed by atoms with E-state index in [1.54, 1.807) is 18.5 Å². The minimum Gasteiger partial charge on any atom is -0.389 e. The fraction of sp³-hybridized carbons (Fsp3) is 0.667. The molecule has 18 heavy (non-hydrogen) atoms. The van der Waals surface area contributed by atoms with Crippen LogP contribution >= 0.6 is 0 Å². The summed E-state index contributed by atoms with van der Waals surface area (Å²) in [4.78, 5) is 1.98. The van der Waals surface area contributed by atoms with Gasteiger partial charge in [0.2, 0.25) is 0 Å². The van der Waals surface area contributed by atoms with Gasteiger partial charge in [-0.25, -0.2) is 0 Å². The fourth-order valence-electron chi connectivity index (χ4n) is 2.13. The third kappa shape index (κ3) is 3.01. The van der Waals surface area contributed by atoms with Gasteiger partial charge in [-0.2, -0.15) is 5.10 Å². The molecule has 0 radical (unpaired) electrons. The molecule has 6 nitrogen and oxygen atoms in total. The van der Waals surface area contributed by atoms with E-state index in [-0.39, 0.29) is 5.84 Å². The van der Waals surface area contributed by atoms with Gasteiger partial charge in [-0.05, 0) is 27.7 Å². The smallest absolute Gasteiger partial charge is 0.137 e. The molecule has 0 aliphatic heterocycles. The largest absolute Gasteiger partial charge is 0.389 e. The van der Waals surface area contributed by atoms with Gasteiger partial charge in [-0.3, -0.25) is 10.1 Å². The summed E-state index contributed by atoms with van der Waals surface area (Å²) in [5.74, 6) is 0.787. The second-order valence-corrected chi connectivity index (χ2v) is 5.15. The molecule has 0 aliphatic carbocycles. The van der Waals surface area contributed by atoms with Gasteiger partial charge in [0.1, 0.15) is 11.7 Å². The quantitative estimate of drug-likeness (QED) is 0.529. The topological polar surface area (TPSA) is 91.2 Å². The Bertz CT molecular complexity index is 444. The fourth-order valence-corrected chi connectivity index (χ4v) is 2.13. The average Bonchev–Trinajstić information content (AvgIpc) is 2.48. The number of hydrogen-bond acceptors (Lipinski definition) is 4. The Balaban J connectivity index is 3.25. The van der Waals surface area contributed by atoms with E-state index < -0.39 is 5.60 Å². The van der Waals surface area contributed by atoms with E-state index in [4.69, 9.17) is 11.1 Å². The Labute approximate surface area is 108 Å². The zero-order chi connectivity index (χ0) is 14.1. The monoisotopic (exact) mass is 253 g/mol. The molecule has 0 aromatic carbocycles. The van der Waals surface area contributed by atoms with Crippen molar-refractivity contribution in [3.05, 3.63) is 11.3 Å². The summed E-state index contributed by atoms with van der Waals surface area (Å²) in [6.45, 7) is 8.51. The van der Waals surface area contributed by atoms with E-state index in [9.17, 15) is 5.11 Å². The van der Waals surface area contributed by atoms with E-state index in [0.29, 0.717) is 18.7 Å². The van der Waals surface area contributed by atoms with Crippen LogP contribution in [0.5, 0.6) is 0 Å². The molecule has 0 spiro atoms. The number of nitrogens with two attached hydrogens (primary N) is 1. The highest BCUT2D eigenvalue weighted by Crippen LogP contribution is 2.24. The van der Waals surface area contributed by atoms with Gasteiger partial charge in [0.15, 0.2) is 0 Å². The predicted molar refractivity (Wildman–Crippen MR) is 73.1 cm³/mol.